The second kappa shape index (κ2) is 13.1. The van der Waals surface area contributed by atoms with Crippen LogP contribution in [0.1, 0.15) is 32.4 Å². The normalized spacial score (nSPS) is 14.6. The van der Waals surface area contributed by atoms with Crippen LogP contribution in [0.5, 0.6) is 0 Å². The molecule has 10 N–H and O–H groups in total. The van der Waals surface area contributed by atoms with Crippen molar-refractivity contribution in [1.29, 1.82) is 0 Å². The van der Waals surface area contributed by atoms with Crippen LogP contribution in [0.15, 0.2) is 12.5 Å². The summed E-state index contributed by atoms with van der Waals surface area (Å²) in [5, 5.41) is 25.7. The number of nitrogens with one attached hydrogen (secondary N) is 4. The van der Waals surface area contributed by atoms with Crippen LogP contribution in [0.2, 0.25) is 0 Å². The monoisotopic (exact) mass is 469 g/mol. The van der Waals surface area contributed by atoms with Gasteiger partial charge in [0.1, 0.15) is 18.1 Å². The molecule has 0 aromatic carbocycles. The maximum Gasteiger partial charge on any atom is 0.326 e. The quantitative estimate of drug-likeness (QED) is 0.136. The van der Waals surface area contributed by atoms with Crippen molar-refractivity contribution in [2.24, 2.45) is 17.4 Å². The number of rotatable bonds is 14. The van der Waals surface area contributed by atoms with Crippen molar-refractivity contribution in [1.82, 2.24) is 25.9 Å². The Morgan fingerprint density at radius 2 is 1.67 bits per heavy atom. The molecule has 0 bridgehead atoms. The third kappa shape index (κ3) is 9.24. The van der Waals surface area contributed by atoms with E-state index < -0.39 is 66.3 Å². The van der Waals surface area contributed by atoms with Crippen molar-refractivity contribution in [3.05, 3.63) is 18.2 Å². The van der Waals surface area contributed by atoms with E-state index in [2.05, 4.69) is 25.9 Å². The lowest BCUT2D eigenvalue weighted by Crippen LogP contribution is -2.58. The van der Waals surface area contributed by atoms with Crippen LogP contribution in [-0.4, -0.2) is 80.6 Å². The summed E-state index contributed by atoms with van der Waals surface area (Å²) in [7, 11) is 0. The van der Waals surface area contributed by atoms with Gasteiger partial charge in [-0.1, -0.05) is 13.8 Å². The number of aromatic nitrogens is 2. The van der Waals surface area contributed by atoms with Crippen molar-refractivity contribution in [3.8, 4) is 0 Å². The molecule has 4 unspecified atom stereocenters. The van der Waals surface area contributed by atoms with Crippen LogP contribution < -0.4 is 27.4 Å². The molecule has 1 heterocycles. The molecule has 0 saturated carbocycles. The van der Waals surface area contributed by atoms with Gasteiger partial charge in [0.25, 0.3) is 0 Å². The van der Waals surface area contributed by atoms with Gasteiger partial charge < -0.3 is 42.6 Å². The molecule has 0 aliphatic rings. The second-order valence-corrected chi connectivity index (χ2v) is 7.77. The Labute approximate surface area is 189 Å². The number of carboxylic acid groups (broad SMARTS) is 1. The lowest BCUT2D eigenvalue weighted by molar-refractivity contribution is -0.143. The predicted octanol–water partition coefficient (Wildman–Crippen LogP) is -3.27. The number of imidazole rings is 1. The Kier molecular flexibility index (Phi) is 10.9. The minimum atomic E-state index is -1.45. The number of aromatic amines is 1. The third-order valence-electron chi connectivity index (χ3n) is 4.69. The summed E-state index contributed by atoms with van der Waals surface area (Å²) in [5.74, 6) is -4.99. The van der Waals surface area contributed by atoms with E-state index in [0.717, 1.165) is 0 Å². The van der Waals surface area contributed by atoms with E-state index in [9.17, 15) is 34.2 Å². The van der Waals surface area contributed by atoms with Gasteiger partial charge in [-0.05, 0) is 12.3 Å². The molecule has 4 atom stereocenters. The fourth-order valence-corrected chi connectivity index (χ4v) is 2.79. The predicted molar refractivity (Wildman–Crippen MR) is 114 cm³/mol. The molecular weight excluding hydrogens is 438 g/mol. The van der Waals surface area contributed by atoms with E-state index in [-0.39, 0.29) is 19.3 Å². The van der Waals surface area contributed by atoms with Crippen LogP contribution in [0.4, 0.5) is 0 Å². The largest absolute Gasteiger partial charge is 0.480 e. The lowest BCUT2D eigenvalue weighted by atomic mass is 10.0. The van der Waals surface area contributed by atoms with Crippen LogP contribution >= 0.6 is 0 Å². The Balaban J connectivity index is 2.84. The number of amides is 4. The SMILES string of the molecule is CC(C)C(NC(=O)C(CCC(N)=O)NC(=O)C(CO)NC(=O)C(N)Cc1cnc[nH]1)C(=O)O. The van der Waals surface area contributed by atoms with E-state index in [0.29, 0.717) is 5.69 Å². The van der Waals surface area contributed by atoms with Gasteiger partial charge in [0.15, 0.2) is 0 Å². The number of nitrogens with two attached hydrogens (primary N) is 2. The van der Waals surface area contributed by atoms with Gasteiger partial charge in [0, 0.05) is 24.7 Å². The fourth-order valence-electron chi connectivity index (χ4n) is 2.79. The Bertz CT molecular complexity index is 828. The molecule has 14 nitrogen and oxygen atoms in total. The van der Waals surface area contributed by atoms with Crippen molar-refractivity contribution >= 4 is 29.6 Å². The van der Waals surface area contributed by atoms with Crippen LogP contribution in [0.3, 0.4) is 0 Å². The third-order valence-corrected chi connectivity index (χ3v) is 4.69. The number of carbonyl (C=O) groups excluding carboxylic acids is 4. The molecule has 0 spiro atoms. The maximum atomic E-state index is 12.6. The van der Waals surface area contributed by atoms with Gasteiger partial charge >= 0.3 is 5.97 Å². The first-order valence-corrected chi connectivity index (χ1v) is 10.2. The van der Waals surface area contributed by atoms with Gasteiger partial charge in [0.05, 0.1) is 19.0 Å². The van der Waals surface area contributed by atoms with Gasteiger partial charge in [0.2, 0.25) is 23.6 Å². The maximum absolute atomic E-state index is 12.6. The van der Waals surface area contributed by atoms with E-state index in [1.54, 1.807) is 13.8 Å². The number of carboxylic acids is 1. The minimum Gasteiger partial charge on any atom is -0.480 e. The zero-order valence-electron chi connectivity index (χ0n) is 18.4. The summed E-state index contributed by atoms with van der Waals surface area (Å²) < 4.78 is 0. The van der Waals surface area contributed by atoms with E-state index >= 15 is 0 Å². The number of primary amides is 1. The number of hydrogen-bond donors (Lipinski definition) is 8. The molecule has 0 saturated heterocycles. The van der Waals surface area contributed by atoms with Crippen molar-refractivity contribution in [3.63, 3.8) is 0 Å². The summed E-state index contributed by atoms with van der Waals surface area (Å²) >= 11 is 0. The summed E-state index contributed by atoms with van der Waals surface area (Å²) in [5.41, 5.74) is 11.5. The van der Waals surface area contributed by atoms with Crippen LogP contribution in [-0.2, 0) is 30.4 Å². The number of aliphatic carboxylic acids is 1. The van der Waals surface area contributed by atoms with Crippen molar-refractivity contribution < 1.29 is 34.2 Å². The summed E-state index contributed by atoms with van der Waals surface area (Å²) in [4.78, 5) is 66.6. The lowest BCUT2D eigenvalue weighted by Gasteiger charge is -2.25. The Hall–Kier alpha value is -3.52. The average molecular weight is 469 g/mol. The highest BCUT2D eigenvalue weighted by Gasteiger charge is 2.31. The number of hydrogen-bond acceptors (Lipinski definition) is 8. The van der Waals surface area contributed by atoms with Gasteiger partial charge in [-0.3, -0.25) is 19.2 Å². The smallest absolute Gasteiger partial charge is 0.326 e. The molecule has 0 aliphatic carbocycles. The summed E-state index contributed by atoms with van der Waals surface area (Å²) in [6, 6.07) is -5.08. The molecule has 0 radical (unpaired) electrons. The van der Waals surface area contributed by atoms with Gasteiger partial charge in [-0.15, -0.1) is 0 Å². The molecule has 14 heteroatoms. The average Bonchev–Trinajstić information content (AvgIpc) is 3.24. The number of aliphatic hydroxyl groups is 1. The minimum absolute atomic E-state index is 0.0982. The van der Waals surface area contributed by atoms with E-state index in [1.165, 1.54) is 12.5 Å². The first kappa shape index (κ1) is 27.5. The number of nitrogens with zero attached hydrogens (tertiary/aromatic N) is 1. The molecule has 4 amide bonds. The second-order valence-electron chi connectivity index (χ2n) is 7.77. The molecule has 33 heavy (non-hydrogen) atoms. The summed E-state index contributed by atoms with van der Waals surface area (Å²) in [6.07, 6.45) is 2.50. The van der Waals surface area contributed by atoms with E-state index in [4.69, 9.17) is 11.5 Å². The Morgan fingerprint density at radius 3 is 2.15 bits per heavy atom. The van der Waals surface area contributed by atoms with Gasteiger partial charge in [-0.25, -0.2) is 9.78 Å². The highest BCUT2D eigenvalue weighted by atomic mass is 16.4. The fraction of sp³-hybridized carbons (Fsp3) is 0.579. The molecule has 0 fully saturated rings. The molecule has 1 rings (SSSR count). The highest BCUT2D eigenvalue weighted by molar-refractivity contribution is 5.94. The molecular formula is C19H31N7O7. The molecule has 0 aliphatic heterocycles. The zero-order chi connectivity index (χ0) is 25.1. The topological polar surface area (TPSA) is 243 Å². The van der Waals surface area contributed by atoms with Crippen molar-refractivity contribution in [2.75, 3.05) is 6.61 Å². The first-order chi connectivity index (χ1) is 15.5. The molecule has 1 aromatic rings. The zero-order valence-corrected chi connectivity index (χ0v) is 18.4. The highest BCUT2D eigenvalue weighted by Crippen LogP contribution is 2.05. The molecule has 184 valence electrons. The Morgan fingerprint density at radius 1 is 1.06 bits per heavy atom. The number of carbonyl (C=O) groups is 5. The molecule has 1 aromatic heterocycles. The van der Waals surface area contributed by atoms with Crippen molar-refractivity contribution in [2.45, 2.75) is 57.3 Å². The van der Waals surface area contributed by atoms with Crippen LogP contribution in [0, 0.1) is 5.92 Å². The van der Waals surface area contributed by atoms with E-state index in [1.807, 2.05) is 0 Å². The standard InChI is InChI=1S/C19H31N7O7/c1-9(2)15(19(32)33)26-17(30)12(3-4-14(21)28)24-18(31)13(7-27)25-16(29)11(20)5-10-6-22-8-23-10/h6,8-9,11-13,15,27H,3-5,7,20H2,1-2H3,(H2,21,28)(H,22,23)(H,24,31)(H,25,29)(H,26,30)(H,32,33). The number of aliphatic hydroxyl groups excluding tert-OH is 1. The first-order valence-electron chi connectivity index (χ1n) is 10.2. The number of H-pyrrole nitrogens is 1. The van der Waals surface area contributed by atoms with Crippen LogP contribution in [0.25, 0.3) is 0 Å². The van der Waals surface area contributed by atoms with Gasteiger partial charge in [-0.2, -0.15) is 0 Å². The summed E-state index contributed by atoms with van der Waals surface area (Å²) in [6.45, 7) is 2.36.